The maximum atomic E-state index is 13.3. The number of halogens is 2. The van der Waals surface area contributed by atoms with Crippen molar-refractivity contribution in [3.63, 3.8) is 0 Å². The molecule has 2 nitrogen and oxygen atoms in total. The van der Waals surface area contributed by atoms with Gasteiger partial charge in [-0.1, -0.05) is 0 Å². The first-order valence-corrected chi connectivity index (χ1v) is 4.06. The van der Waals surface area contributed by atoms with E-state index in [4.69, 9.17) is 5.11 Å². The maximum absolute atomic E-state index is 13.3. The molecule has 1 aromatic rings. The first-order chi connectivity index (χ1) is 6.37. The number of carboxylic acid groups (broad SMARTS) is 1. The zero-order valence-corrected chi connectivity index (χ0v) is 8.11. The molecule has 0 saturated heterocycles. The van der Waals surface area contributed by atoms with Gasteiger partial charge in [0.15, 0.2) is 0 Å². The number of rotatable bonds is 1. The number of carbonyl (C=O) groups is 1. The van der Waals surface area contributed by atoms with Crippen LogP contribution in [-0.2, 0) is 0 Å². The molecule has 1 aromatic carbocycles. The number of aromatic carboxylic acids is 1. The second kappa shape index (κ2) is 3.36. The fourth-order valence-electron chi connectivity index (χ4n) is 1.48. The molecule has 1 N–H and O–H groups in total. The highest BCUT2D eigenvalue weighted by Gasteiger charge is 2.21. The molecule has 0 saturated carbocycles. The summed E-state index contributed by atoms with van der Waals surface area (Å²) in [5.74, 6) is -2.88. The highest BCUT2D eigenvalue weighted by atomic mass is 19.1. The van der Waals surface area contributed by atoms with Gasteiger partial charge in [-0.15, -0.1) is 0 Å². The van der Waals surface area contributed by atoms with E-state index in [2.05, 4.69) is 0 Å². The van der Waals surface area contributed by atoms with Crippen molar-refractivity contribution in [2.45, 2.75) is 20.8 Å². The van der Waals surface area contributed by atoms with Crippen LogP contribution in [0.4, 0.5) is 8.78 Å². The third-order valence-corrected chi connectivity index (χ3v) is 2.28. The van der Waals surface area contributed by atoms with E-state index in [1.54, 1.807) is 0 Å². The van der Waals surface area contributed by atoms with Crippen LogP contribution in [0.5, 0.6) is 0 Å². The van der Waals surface area contributed by atoms with Gasteiger partial charge in [0.05, 0.1) is 5.56 Å². The Morgan fingerprint density at radius 3 is 1.64 bits per heavy atom. The summed E-state index contributed by atoms with van der Waals surface area (Å²) < 4.78 is 26.6. The third kappa shape index (κ3) is 1.36. The molecule has 1 rings (SSSR count). The number of hydrogen-bond acceptors (Lipinski definition) is 1. The summed E-state index contributed by atoms with van der Waals surface area (Å²) in [4.78, 5) is 10.7. The molecule has 14 heavy (non-hydrogen) atoms. The topological polar surface area (TPSA) is 37.3 Å². The fourth-order valence-corrected chi connectivity index (χ4v) is 1.48. The van der Waals surface area contributed by atoms with Crippen LogP contribution < -0.4 is 0 Å². The van der Waals surface area contributed by atoms with E-state index in [0.29, 0.717) is 0 Å². The Labute approximate surface area is 80.2 Å². The number of carboxylic acids is 1. The predicted octanol–water partition coefficient (Wildman–Crippen LogP) is 2.59. The van der Waals surface area contributed by atoms with Crippen molar-refractivity contribution in [1.29, 1.82) is 0 Å². The van der Waals surface area contributed by atoms with Crippen molar-refractivity contribution < 1.29 is 18.7 Å². The van der Waals surface area contributed by atoms with Gasteiger partial charge in [-0.05, 0) is 31.9 Å². The molecule has 0 bridgehead atoms. The van der Waals surface area contributed by atoms with Crippen LogP contribution in [0.25, 0.3) is 0 Å². The smallest absolute Gasteiger partial charge is 0.336 e. The van der Waals surface area contributed by atoms with Crippen LogP contribution >= 0.6 is 0 Å². The van der Waals surface area contributed by atoms with Gasteiger partial charge < -0.3 is 5.11 Å². The first-order valence-electron chi connectivity index (χ1n) is 4.06. The molecular weight excluding hydrogens is 190 g/mol. The van der Waals surface area contributed by atoms with Crippen molar-refractivity contribution in [2.24, 2.45) is 0 Å². The summed E-state index contributed by atoms with van der Waals surface area (Å²) in [7, 11) is 0. The van der Waals surface area contributed by atoms with E-state index < -0.39 is 17.6 Å². The van der Waals surface area contributed by atoms with Gasteiger partial charge in [0, 0.05) is 5.56 Å². The SMILES string of the molecule is Cc1c(F)c(C)c(C(=O)O)c(C)c1F. The molecule has 0 unspecified atom stereocenters. The summed E-state index contributed by atoms with van der Waals surface area (Å²) in [6.45, 7) is 3.95. The van der Waals surface area contributed by atoms with E-state index in [1.165, 1.54) is 20.8 Å². The summed E-state index contributed by atoms with van der Waals surface area (Å²) in [5.41, 5.74) is -0.460. The largest absolute Gasteiger partial charge is 0.478 e. The molecule has 0 aliphatic rings. The average molecular weight is 200 g/mol. The minimum atomic E-state index is -1.31. The first kappa shape index (κ1) is 10.6. The molecule has 0 fully saturated rings. The van der Waals surface area contributed by atoms with Gasteiger partial charge in [-0.2, -0.15) is 0 Å². The van der Waals surface area contributed by atoms with Crippen molar-refractivity contribution in [3.8, 4) is 0 Å². The molecule has 0 spiro atoms. The Hall–Kier alpha value is -1.45. The Morgan fingerprint density at radius 2 is 1.36 bits per heavy atom. The van der Waals surface area contributed by atoms with Gasteiger partial charge in [0.1, 0.15) is 11.6 Å². The Balaban J connectivity index is 3.68. The van der Waals surface area contributed by atoms with Crippen LogP contribution in [0.2, 0.25) is 0 Å². The molecule has 0 amide bonds. The van der Waals surface area contributed by atoms with Crippen LogP contribution in [0.3, 0.4) is 0 Å². The number of hydrogen-bond donors (Lipinski definition) is 1. The van der Waals surface area contributed by atoms with Gasteiger partial charge in [0.2, 0.25) is 0 Å². The highest BCUT2D eigenvalue weighted by molar-refractivity contribution is 5.91. The molecule has 4 heteroatoms. The van der Waals surface area contributed by atoms with E-state index in [0.717, 1.165) is 0 Å². The van der Waals surface area contributed by atoms with Crippen molar-refractivity contribution in [1.82, 2.24) is 0 Å². The lowest BCUT2D eigenvalue weighted by atomic mass is 9.98. The van der Waals surface area contributed by atoms with Crippen LogP contribution in [0.15, 0.2) is 0 Å². The monoisotopic (exact) mass is 200 g/mol. The summed E-state index contributed by atoms with van der Waals surface area (Å²) in [6, 6.07) is 0. The van der Waals surface area contributed by atoms with Gasteiger partial charge in [0.25, 0.3) is 0 Å². The van der Waals surface area contributed by atoms with Crippen LogP contribution in [-0.4, -0.2) is 11.1 Å². The highest BCUT2D eigenvalue weighted by Crippen LogP contribution is 2.24. The molecule has 76 valence electrons. The van der Waals surface area contributed by atoms with Crippen molar-refractivity contribution >= 4 is 5.97 Å². The Morgan fingerprint density at radius 1 is 1.00 bits per heavy atom. The normalized spacial score (nSPS) is 10.4. The van der Waals surface area contributed by atoms with Gasteiger partial charge in [-0.3, -0.25) is 0 Å². The van der Waals surface area contributed by atoms with E-state index in [1.807, 2.05) is 0 Å². The maximum Gasteiger partial charge on any atom is 0.336 e. The van der Waals surface area contributed by atoms with E-state index >= 15 is 0 Å². The molecule has 0 atom stereocenters. The van der Waals surface area contributed by atoms with Crippen molar-refractivity contribution in [3.05, 3.63) is 33.9 Å². The van der Waals surface area contributed by atoms with Gasteiger partial charge >= 0.3 is 5.97 Å². The zero-order chi connectivity index (χ0) is 11.0. The lowest BCUT2D eigenvalue weighted by Crippen LogP contribution is -2.09. The molecule has 0 radical (unpaired) electrons. The number of benzene rings is 1. The molecule has 0 aromatic heterocycles. The Bertz CT molecular complexity index is 382. The van der Waals surface area contributed by atoms with E-state index in [9.17, 15) is 13.6 Å². The quantitative estimate of drug-likeness (QED) is 0.756. The second-order valence-corrected chi connectivity index (χ2v) is 3.18. The predicted molar refractivity (Wildman–Crippen MR) is 47.5 cm³/mol. The molecule has 0 aliphatic carbocycles. The Kier molecular flexibility index (Phi) is 2.55. The van der Waals surface area contributed by atoms with Gasteiger partial charge in [-0.25, -0.2) is 13.6 Å². The lowest BCUT2D eigenvalue weighted by molar-refractivity contribution is 0.0694. The molecule has 0 heterocycles. The minimum absolute atomic E-state index is 0.0195. The van der Waals surface area contributed by atoms with Crippen LogP contribution in [0, 0.1) is 32.4 Å². The standard InChI is InChI=1S/C10H10F2O2/c1-4-7(10(13)14)5(2)9(12)6(3)8(4)11/h1-3H3,(H,13,14). The zero-order valence-electron chi connectivity index (χ0n) is 8.11. The summed E-state index contributed by atoms with van der Waals surface area (Å²) in [6.07, 6.45) is 0. The molecule has 0 aliphatic heterocycles. The molecular formula is C10H10F2O2. The average Bonchev–Trinajstić information content (AvgIpc) is 2.11. The summed E-state index contributed by atoms with van der Waals surface area (Å²) >= 11 is 0. The third-order valence-electron chi connectivity index (χ3n) is 2.28. The van der Waals surface area contributed by atoms with Crippen molar-refractivity contribution in [2.75, 3.05) is 0 Å². The minimum Gasteiger partial charge on any atom is -0.478 e. The lowest BCUT2D eigenvalue weighted by Gasteiger charge is -2.10. The van der Waals surface area contributed by atoms with E-state index in [-0.39, 0.29) is 22.3 Å². The fraction of sp³-hybridized carbons (Fsp3) is 0.300. The summed E-state index contributed by atoms with van der Waals surface area (Å²) in [5, 5.41) is 8.75. The van der Waals surface area contributed by atoms with Crippen LogP contribution in [0.1, 0.15) is 27.0 Å². The second-order valence-electron chi connectivity index (χ2n) is 3.18.